The lowest BCUT2D eigenvalue weighted by Gasteiger charge is -2.50. The van der Waals surface area contributed by atoms with Gasteiger partial charge in [0, 0.05) is 10.7 Å². The fourth-order valence-corrected chi connectivity index (χ4v) is 3.11. The van der Waals surface area contributed by atoms with Gasteiger partial charge >= 0.3 is 5.97 Å². The maximum Gasteiger partial charge on any atom is 0.338 e. The minimum atomic E-state index is -0.612. The van der Waals surface area contributed by atoms with Crippen LogP contribution < -0.4 is 0 Å². The van der Waals surface area contributed by atoms with Gasteiger partial charge in [0.25, 0.3) is 0 Å². The summed E-state index contributed by atoms with van der Waals surface area (Å²) in [6.07, 6.45) is 3.75. The third-order valence-electron chi connectivity index (χ3n) is 3.61. The second-order valence-electron chi connectivity index (χ2n) is 4.41. The van der Waals surface area contributed by atoms with Crippen LogP contribution in [-0.2, 0) is 14.3 Å². The van der Waals surface area contributed by atoms with Crippen molar-refractivity contribution in [2.45, 2.75) is 31.3 Å². The minimum absolute atomic E-state index is 0.194. The first-order valence-electron chi connectivity index (χ1n) is 4.95. The van der Waals surface area contributed by atoms with Gasteiger partial charge in [-0.3, -0.25) is 0 Å². The van der Waals surface area contributed by atoms with Gasteiger partial charge in [0.1, 0.15) is 0 Å². The average Bonchev–Trinajstić information content (AvgIpc) is 2.30. The normalized spacial score (nSPS) is 41.0. The van der Waals surface area contributed by atoms with Gasteiger partial charge in [0.2, 0.25) is 0 Å². The molecule has 0 spiro atoms. The standard InChI is InChI=1S/C10H15BrO3/c1-13-8(12)10-4-2-9(6-11,3-5-10)7-14-10/h2-7H2,1H3. The summed E-state index contributed by atoms with van der Waals surface area (Å²) < 4.78 is 10.5. The molecule has 3 aliphatic rings. The molecule has 3 rings (SSSR count). The van der Waals surface area contributed by atoms with Gasteiger partial charge in [-0.25, -0.2) is 4.79 Å². The van der Waals surface area contributed by atoms with Gasteiger partial charge in [-0.1, -0.05) is 15.9 Å². The van der Waals surface area contributed by atoms with Crippen LogP contribution in [0.15, 0.2) is 0 Å². The van der Waals surface area contributed by atoms with Crippen molar-refractivity contribution < 1.29 is 14.3 Å². The quantitative estimate of drug-likeness (QED) is 0.563. The van der Waals surface area contributed by atoms with Crippen molar-refractivity contribution >= 4 is 21.9 Å². The van der Waals surface area contributed by atoms with E-state index in [-0.39, 0.29) is 11.4 Å². The predicted octanol–water partition coefficient (Wildman–Crippen LogP) is 1.88. The van der Waals surface area contributed by atoms with E-state index in [1.54, 1.807) is 0 Å². The molecule has 0 aromatic rings. The monoisotopic (exact) mass is 262 g/mol. The third kappa shape index (κ3) is 1.39. The molecule has 0 unspecified atom stereocenters. The maximum absolute atomic E-state index is 11.6. The zero-order valence-corrected chi connectivity index (χ0v) is 9.93. The number of methoxy groups -OCH3 is 1. The van der Waals surface area contributed by atoms with E-state index in [1.807, 2.05) is 0 Å². The van der Waals surface area contributed by atoms with E-state index in [1.165, 1.54) is 7.11 Å². The van der Waals surface area contributed by atoms with Crippen molar-refractivity contribution in [2.75, 3.05) is 19.0 Å². The Kier molecular flexibility index (Phi) is 2.60. The highest BCUT2D eigenvalue weighted by Crippen LogP contribution is 2.49. The summed E-state index contributed by atoms with van der Waals surface area (Å²) in [7, 11) is 1.43. The molecule has 2 bridgehead atoms. The SMILES string of the molecule is COC(=O)C12CCC(CBr)(CC1)CO2. The van der Waals surface area contributed by atoms with Crippen molar-refractivity contribution in [2.24, 2.45) is 5.41 Å². The number of esters is 1. The minimum Gasteiger partial charge on any atom is -0.467 e. The lowest BCUT2D eigenvalue weighted by Crippen LogP contribution is -2.56. The molecule has 2 saturated heterocycles. The molecular weight excluding hydrogens is 248 g/mol. The summed E-state index contributed by atoms with van der Waals surface area (Å²) in [5.74, 6) is -0.194. The molecule has 0 N–H and O–H groups in total. The molecule has 80 valence electrons. The van der Waals surface area contributed by atoms with Crippen LogP contribution in [0.4, 0.5) is 0 Å². The van der Waals surface area contributed by atoms with E-state index < -0.39 is 5.60 Å². The van der Waals surface area contributed by atoms with E-state index in [0.29, 0.717) is 6.61 Å². The van der Waals surface area contributed by atoms with Gasteiger partial charge in [-0.2, -0.15) is 0 Å². The molecule has 14 heavy (non-hydrogen) atoms. The zero-order chi connectivity index (χ0) is 10.2. The van der Waals surface area contributed by atoms with Gasteiger partial charge in [0.05, 0.1) is 13.7 Å². The first-order chi connectivity index (χ1) is 6.66. The maximum atomic E-state index is 11.6. The molecule has 0 amide bonds. The van der Waals surface area contributed by atoms with Crippen molar-refractivity contribution in [3.05, 3.63) is 0 Å². The molecule has 2 aliphatic heterocycles. The predicted molar refractivity (Wildman–Crippen MR) is 55.4 cm³/mol. The van der Waals surface area contributed by atoms with Gasteiger partial charge < -0.3 is 9.47 Å². The first-order valence-corrected chi connectivity index (χ1v) is 6.07. The van der Waals surface area contributed by atoms with Gasteiger partial charge in [0.15, 0.2) is 5.60 Å². The van der Waals surface area contributed by atoms with Crippen LogP contribution in [0.1, 0.15) is 25.7 Å². The number of fused-ring (bicyclic) bond motifs is 3. The van der Waals surface area contributed by atoms with Crippen LogP contribution in [0.5, 0.6) is 0 Å². The molecule has 4 heteroatoms. The van der Waals surface area contributed by atoms with E-state index in [0.717, 1.165) is 31.0 Å². The third-order valence-corrected chi connectivity index (χ3v) is 4.80. The van der Waals surface area contributed by atoms with Crippen LogP contribution >= 0.6 is 15.9 Å². The number of alkyl halides is 1. The molecule has 3 nitrogen and oxygen atoms in total. The Hall–Kier alpha value is -0.0900. The second-order valence-corrected chi connectivity index (χ2v) is 4.97. The van der Waals surface area contributed by atoms with Crippen LogP contribution in [-0.4, -0.2) is 30.6 Å². The van der Waals surface area contributed by atoms with E-state index in [2.05, 4.69) is 15.9 Å². The Bertz CT molecular complexity index is 227. The Morgan fingerprint density at radius 2 is 2.07 bits per heavy atom. The largest absolute Gasteiger partial charge is 0.467 e. The summed E-state index contributed by atoms with van der Waals surface area (Å²) in [6, 6.07) is 0. The highest BCUT2D eigenvalue weighted by atomic mass is 79.9. The summed E-state index contributed by atoms with van der Waals surface area (Å²) in [5, 5.41) is 0.969. The van der Waals surface area contributed by atoms with Crippen LogP contribution in [0.3, 0.4) is 0 Å². The van der Waals surface area contributed by atoms with E-state index >= 15 is 0 Å². The smallest absolute Gasteiger partial charge is 0.338 e. The molecule has 0 radical (unpaired) electrons. The number of ether oxygens (including phenoxy) is 2. The lowest BCUT2D eigenvalue weighted by molar-refractivity contribution is -0.206. The number of halogens is 1. The fraction of sp³-hybridized carbons (Fsp3) is 0.900. The fourth-order valence-electron chi connectivity index (χ4n) is 2.39. The molecule has 0 aromatic heterocycles. The van der Waals surface area contributed by atoms with Crippen molar-refractivity contribution in [3.8, 4) is 0 Å². The Morgan fingerprint density at radius 1 is 1.43 bits per heavy atom. The van der Waals surface area contributed by atoms with Gasteiger partial charge in [-0.15, -0.1) is 0 Å². The summed E-state index contributed by atoms with van der Waals surface area (Å²) in [6.45, 7) is 0.688. The highest BCUT2D eigenvalue weighted by Gasteiger charge is 2.53. The Morgan fingerprint density at radius 3 is 2.43 bits per heavy atom. The molecule has 1 saturated carbocycles. The molecule has 0 atom stereocenters. The number of hydrogen-bond donors (Lipinski definition) is 0. The van der Waals surface area contributed by atoms with E-state index in [4.69, 9.17) is 9.47 Å². The van der Waals surface area contributed by atoms with Crippen LogP contribution in [0.25, 0.3) is 0 Å². The molecular formula is C10H15BrO3. The Balaban J connectivity index is 2.12. The van der Waals surface area contributed by atoms with Crippen molar-refractivity contribution in [3.63, 3.8) is 0 Å². The highest BCUT2D eigenvalue weighted by molar-refractivity contribution is 9.09. The second kappa shape index (κ2) is 3.49. The molecule has 2 heterocycles. The van der Waals surface area contributed by atoms with Crippen LogP contribution in [0, 0.1) is 5.41 Å². The number of rotatable bonds is 2. The van der Waals surface area contributed by atoms with E-state index in [9.17, 15) is 4.79 Å². The summed E-state index contributed by atoms with van der Waals surface area (Å²) in [4.78, 5) is 11.6. The first kappa shape index (κ1) is 10.4. The summed E-state index contributed by atoms with van der Waals surface area (Å²) >= 11 is 3.53. The number of carbonyl (C=O) groups is 1. The van der Waals surface area contributed by atoms with Crippen molar-refractivity contribution in [1.29, 1.82) is 0 Å². The molecule has 0 aromatic carbocycles. The zero-order valence-electron chi connectivity index (χ0n) is 8.35. The van der Waals surface area contributed by atoms with Gasteiger partial charge in [-0.05, 0) is 25.7 Å². The number of hydrogen-bond acceptors (Lipinski definition) is 3. The summed E-state index contributed by atoms with van der Waals surface area (Å²) in [5.41, 5.74) is -0.339. The lowest BCUT2D eigenvalue weighted by atomic mass is 9.67. The van der Waals surface area contributed by atoms with Crippen LogP contribution in [0.2, 0.25) is 0 Å². The van der Waals surface area contributed by atoms with Crippen molar-refractivity contribution in [1.82, 2.24) is 0 Å². The molecule has 1 aliphatic carbocycles. The average molecular weight is 263 g/mol. The Labute approximate surface area is 92.3 Å². The molecule has 3 fully saturated rings. The topological polar surface area (TPSA) is 35.5 Å². The number of carbonyl (C=O) groups excluding carboxylic acids is 1.